The minimum Gasteiger partial charge on any atom is -0.480 e. The Labute approximate surface area is 223 Å². The van der Waals surface area contributed by atoms with Gasteiger partial charge in [0.05, 0.1) is 12.4 Å². The highest BCUT2D eigenvalue weighted by Crippen LogP contribution is 2.12. The number of nitrogens with zero attached hydrogens (tertiary/aromatic N) is 1. The number of H-pyrrole nitrogens is 1. The van der Waals surface area contributed by atoms with E-state index in [9.17, 15) is 24.3 Å². The monoisotopic (exact) mass is 528 g/mol. The Morgan fingerprint density at radius 1 is 0.947 bits per heavy atom. The molecule has 208 valence electrons. The van der Waals surface area contributed by atoms with Gasteiger partial charge in [0.25, 0.3) is 0 Å². The highest BCUT2D eigenvalue weighted by Gasteiger charge is 2.32. The molecule has 5 unspecified atom stereocenters. The van der Waals surface area contributed by atoms with Gasteiger partial charge in [-0.1, -0.05) is 64.4 Å². The topological polar surface area (TPSA) is 179 Å². The number of aromatic amines is 1. The van der Waals surface area contributed by atoms with Crippen LogP contribution in [-0.4, -0.2) is 62.9 Å². The fourth-order valence-electron chi connectivity index (χ4n) is 3.98. The SMILES string of the molecule is CCC(C)C(NC(=O)C(CC(C)C)NC(=O)C(Cc1ccccc1)NC(=O)C(N)Cc1cnc[nH]1)C(=O)O. The fraction of sp³-hybridized carbons (Fsp3) is 0.519. The van der Waals surface area contributed by atoms with Crippen molar-refractivity contribution in [3.8, 4) is 0 Å². The summed E-state index contributed by atoms with van der Waals surface area (Å²) in [6.07, 6.45) is 4.28. The van der Waals surface area contributed by atoms with Crippen LogP contribution in [0, 0.1) is 11.8 Å². The van der Waals surface area contributed by atoms with Crippen LogP contribution in [0.3, 0.4) is 0 Å². The van der Waals surface area contributed by atoms with E-state index in [-0.39, 0.29) is 31.1 Å². The Balaban J connectivity index is 2.21. The second-order valence-electron chi connectivity index (χ2n) is 10.0. The van der Waals surface area contributed by atoms with Gasteiger partial charge >= 0.3 is 5.97 Å². The third-order valence-electron chi connectivity index (χ3n) is 6.36. The van der Waals surface area contributed by atoms with E-state index in [2.05, 4.69) is 25.9 Å². The molecule has 2 rings (SSSR count). The van der Waals surface area contributed by atoms with E-state index >= 15 is 0 Å². The minimum atomic E-state index is -1.14. The quantitative estimate of drug-likeness (QED) is 0.201. The van der Waals surface area contributed by atoms with Crippen molar-refractivity contribution in [2.75, 3.05) is 0 Å². The first-order chi connectivity index (χ1) is 18.0. The van der Waals surface area contributed by atoms with E-state index in [1.807, 2.05) is 51.1 Å². The molecule has 0 bridgehead atoms. The van der Waals surface area contributed by atoms with Gasteiger partial charge in [0.15, 0.2) is 0 Å². The Hall–Kier alpha value is -3.73. The molecule has 0 aliphatic heterocycles. The van der Waals surface area contributed by atoms with Gasteiger partial charge in [0, 0.05) is 24.7 Å². The number of carboxylic acids is 1. The largest absolute Gasteiger partial charge is 0.480 e. The maximum atomic E-state index is 13.4. The Morgan fingerprint density at radius 3 is 2.13 bits per heavy atom. The summed E-state index contributed by atoms with van der Waals surface area (Å²) in [7, 11) is 0. The van der Waals surface area contributed by atoms with E-state index in [4.69, 9.17) is 5.73 Å². The summed E-state index contributed by atoms with van der Waals surface area (Å²) in [4.78, 5) is 58.0. The van der Waals surface area contributed by atoms with Crippen LogP contribution in [0.15, 0.2) is 42.9 Å². The van der Waals surface area contributed by atoms with Gasteiger partial charge in [-0.15, -0.1) is 0 Å². The molecule has 3 amide bonds. The molecule has 0 saturated carbocycles. The van der Waals surface area contributed by atoms with E-state index in [1.165, 1.54) is 6.33 Å². The molecule has 0 saturated heterocycles. The van der Waals surface area contributed by atoms with Crippen molar-refractivity contribution < 1.29 is 24.3 Å². The molecule has 7 N–H and O–H groups in total. The van der Waals surface area contributed by atoms with Crippen LogP contribution in [0.25, 0.3) is 0 Å². The molecule has 0 aliphatic rings. The molecule has 0 spiro atoms. The number of amides is 3. The molecule has 1 heterocycles. The number of aromatic nitrogens is 2. The van der Waals surface area contributed by atoms with Crippen molar-refractivity contribution in [2.24, 2.45) is 17.6 Å². The smallest absolute Gasteiger partial charge is 0.326 e. The summed E-state index contributed by atoms with van der Waals surface area (Å²) >= 11 is 0. The molecule has 2 aromatic rings. The minimum absolute atomic E-state index is 0.0305. The van der Waals surface area contributed by atoms with Crippen molar-refractivity contribution in [2.45, 2.75) is 77.5 Å². The number of hydrogen-bond donors (Lipinski definition) is 6. The Morgan fingerprint density at radius 2 is 1.58 bits per heavy atom. The molecule has 0 radical (unpaired) electrons. The number of carbonyl (C=O) groups excluding carboxylic acids is 3. The molecule has 1 aromatic carbocycles. The molecule has 1 aromatic heterocycles. The van der Waals surface area contributed by atoms with Crippen molar-refractivity contribution in [3.05, 3.63) is 54.1 Å². The van der Waals surface area contributed by atoms with E-state index < -0.39 is 47.9 Å². The van der Waals surface area contributed by atoms with Crippen LogP contribution in [-0.2, 0) is 32.0 Å². The van der Waals surface area contributed by atoms with Gasteiger partial charge in [0.2, 0.25) is 17.7 Å². The zero-order valence-electron chi connectivity index (χ0n) is 22.4. The maximum absolute atomic E-state index is 13.4. The lowest BCUT2D eigenvalue weighted by Gasteiger charge is -2.27. The van der Waals surface area contributed by atoms with E-state index in [1.54, 1.807) is 13.1 Å². The van der Waals surface area contributed by atoms with Crippen LogP contribution in [0.4, 0.5) is 0 Å². The molecule has 5 atom stereocenters. The van der Waals surface area contributed by atoms with Crippen LogP contribution in [0.1, 0.15) is 51.8 Å². The molecule has 11 heteroatoms. The molecule has 0 aliphatic carbocycles. The predicted octanol–water partition coefficient (Wildman–Crippen LogP) is 1.15. The van der Waals surface area contributed by atoms with Crippen molar-refractivity contribution in [1.29, 1.82) is 0 Å². The fourth-order valence-corrected chi connectivity index (χ4v) is 3.98. The third kappa shape index (κ3) is 9.62. The lowest BCUT2D eigenvalue weighted by molar-refractivity contribution is -0.144. The van der Waals surface area contributed by atoms with Gasteiger partial charge in [-0.2, -0.15) is 0 Å². The highest BCUT2D eigenvalue weighted by molar-refractivity contribution is 5.94. The van der Waals surface area contributed by atoms with Gasteiger partial charge in [-0.25, -0.2) is 9.78 Å². The number of imidazole rings is 1. The van der Waals surface area contributed by atoms with Gasteiger partial charge < -0.3 is 31.8 Å². The summed E-state index contributed by atoms with van der Waals surface area (Å²) in [5.74, 6) is -3.07. The van der Waals surface area contributed by atoms with Crippen LogP contribution < -0.4 is 21.7 Å². The zero-order valence-corrected chi connectivity index (χ0v) is 22.4. The lowest BCUT2D eigenvalue weighted by atomic mass is 9.97. The van der Waals surface area contributed by atoms with Gasteiger partial charge in [-0.3, -0.25) is 14.4 Å². The number of carboxylic acid groups (broad SMARTS) is 1. The second-order valence-corrected chi connectivity index (χ2v) is 10.0. The summed E-state index contributed by atoms with van der Waals surface area (Å²) in [6.45, 7) is 7.38. The maximum Gasteiger partial charge on any atom is 0.326 e. The van der Waals surface area contributed by atoms with Crippen molar-refractivity contribution in [3.63, 3.8) is 0 Å². The average molecular weight is 529 g/mol. The lowest BCUT2D eigenvalue weighted by Crippen LogP contribution is -2.58. The molecule has 11 nitrogen and oxygen atoms in total. The Kier molecular flexibility index (Phi) is 11.9. The third-order valence-corrected chi connectivity index (χ3v) is 6.36. The molecule has 38 heavy (non-hydrogen) atoms. The summed E-state index contributed by atoms with van der Waals surface area (Å²) in [5, 5.41) is 17.6. The zero-order chi connectivity index (χ0) is 28.2. The van der Waals surface area contributed by atoms with E-state index in [0.29, 0.717) is 12.1 Å². The van der Waals surface area contributed by atoms with Gasteiger partial charge in [-0.05, 0) is 23.8 Å². The molecular formula is C27H40N6O5. The van der Waals surface area contributed by atoms with Crippen LogP contribution in [0.5, 0.6) is 0 Å². The van der Waals surface area contributed by atoms with Crippen molar-refractivity contribution in [1.82, 2.24) is 25.9 Å². The number of rotatable bonds is 15. The number of nitrogens with two attached hydrogens (primary N) is 1. The normalized spacial score (nSPS) is 15.1. The second kappa shape index (κ2) is 14.9. The number of nitrogens with one attached hydrogen (secondary N) is 4. The summed E-state index contributed by atoms with van der Waals surface area (Å²) < 4.78 is 0. The highest BCUT2D eigenvalue weighted by atomic mass is 16.4. The Bertz CT molecular complexity index is 1040. The number of aliphatic carboxylic acids is 1. The molecular weight excluding hydrogens is 488 g/mol. The van der Waals surface area contributed by atoms with Crippen LogP contribution >= 0.6 is 0 Å². The first kappa shape index (κ1) is 30.5. The number of hydrogen-bond acceptors (Lipinski definition) is 6. The molecule has 0 fully saturated rings. The summed E-state index contributed by atoms with van der Waals surface area (Å²) in [6, 6.07) is 5.15. The van der Waals surface area contributed by atoms with Crippen molar-refractivity contribution >= 4 is 23.7 Å². The van der Waals surface area contributed by atoms with Crippen LogP contribution in [0.2, 0.25) is 0 Å². The summed E-state index contributed by atoms with van der Waals surface area (Å²) in [5.41, 5.74) is 7.57. The first-order valence-electron chi connectivity index (χ1n) is 12.9. The van der Waals surface area contributed by atoms with Gasteiger partial charge in [0.1, 0.15) is 18.1 Å². The number of benzene rings is 1. The first-order valence-corrected chi connectivity index (χ1v) is 12.9. The predicted molar refractivity (Wildman–Crippen MR) is 143 cm³/mol. The number of carbonyl (C=O) groups is 4. The van der Waals surface area contributed by atoms with E-state index in [0.717, 1.165) is 5.56 Å². The standard InChI is InChI=1S/C27H40N6O5/c1-5-17(4)23(27(37)38)33-26(36)21(11-16(2)3)32-25(35)22(12-18-9-7-6-8-10-18)31-24(34)20(28)13-19-14-29-15-30-19/h6-10,14-17,20-23H,5,11-13,28H2,1-4H3,(H,29,30)(H,31,34)(H,32,35)(H,33,36)(H,37,38). The average Bonchev–Trinajstić information content (AvgIpc) is 3.38.